The van der Waals surface area contributed by atoms with Gasteiger partial charge in [0.2, 0.25) is 0 Å². The van der Waals surface area contributed by atoms with Crippen LogP contribution in [-0.4, -0.2) is 43.8 Å². The molecule has 1 amide bonds. The second kappa shape index (κ2) is 6.47. The monoisotopic (exact) mass is 290 g/mol. The van der Waals surface area contributed by atoms with Crippen molar-refractivity contribution in [2.24, 2.45) is 0 Å². The Labute approximate surface area is 122 Å². The van der Waals surface area contributed by atoms with Gasteiger partial charge in [-0.1, -0.05) is 17.7 Å². The molecule has 0 fully saturated rings. The van der Waals surface area contributed by atoms with E-state index in [4.69, 9.17) is 0 Å². The second-order valence-electron chi connectivity index (χ2n) is 4.84. The summed E-state index contributed by atoms with van der Waals surface area (Å²) >= 11 is 0. The van der Waals surface area contributed by atoms with E-state index < -0.39 is 12.0 Å². The number of carbonyl (C=O) groups excluding carboxylic acids is 1. The van der Waals surface area contributed by atoms with Crippen molar-refractivity contribution >= 4 is 5.91 Å². The number of nitrogens with one attached hydrogen (secondary N) is 1. The molecule has 1 heterocycles. The Morgan fingerprint density at radius 3 is 2.57 bits per heavy atom. The molecule has 0 bridgehead atoms. The average Bonchev–Trinajstić information content (AvgIpc) is 2.89. The van der Waals surface area contributed by atoms with Crippen LogP contribution in [0.1, 0.15) is 28.7 Å². The molecule has 0 aliphatic carbocycles. The Kier molecular flexibility index (Phi) is 4.66. The van der Waals surface area contributed by atoms with E-state index in [0.29, 0.717) is 5.69 Å². The molecule has 0 saturated heterocycles. The zero-order valence-corrected chi connectivity index (χ0v) is 11.9. The van der Waals surface area contributed by atoms with Crippen LogP contribution in [0, 0.1) is 6.92 Å². The van der Waals surface area contributed by atoms with Gasteiger partial charge in [-0.2, -0.15) is 4.80 Å². The van der Waals surface area contributed by atoms with E-state index in [1.165, 1.54) is 4.80 Å². The van der Waals surface area contributed by atoms with Crippen molar-refractivity contribution in [3.05, 3.63) is 41.2 Å². The predicted molar refractivity (Wildman–Crippen MR) is 76.0 cm³/mol. The van der Waals surface area contributed by atoms with E-state index in [2.05, 4.69) is 15.5 Å². The van der Waals surface area contributed by atoms with Gasteiger partial charge in [0, 0.05) is 6.54 Å². The number of amides is 1. The maximum absolute atomic E-state index is 12.0. The summed E-state index contributed by atoms with van der Waals surface area (Å²) in [5.74, 6) is -0.474. The highest BCUT2D eigenvalue weighted by atomic mass is 16.3. The number of rotatable bonds is 5. The first-order valence-electron chi connectivity index (χ1n) is 6.61. The van der Waals surface area contributed by atoms with E-state index in [-0.39, 0.29) is 24.5 Å². The third-order valence-electron chi connectivity index (χ3n) is 2.87. The number of nitrogens with zero attached hydrogens (tertiary/aromatic N) is 3. The quantitative estimate of drug-likeness (QED) is 0.729. The number of benzene rings is 1. The van der Waals surface area contributed by atoms with Crippen molar-refractivity contribution in [1.82, 2.24) is 20.3 Å². The normalized spacial score (nSPS) is 12.2. The minimum absolute atomic E-state index is 0.0544. The van der Waals surface area contributed by atoms with Crippen molar-refractivity contribution in [1.29, 1.82) is 0 Å². The van der Waals surface area contributed by atoms with Gasteiger partial charge in [-0.05, 0) is 26.0 Å². The smallest absolute Gasteiger partial charge is 0.273 e. The third kappa shape index (κ3) is 3.65. The van der Waals surface area contributed by atoms with Gasteiger partial charge in [-0.15, -0.1) is 10.2 Å². The first kappa shape index (κ1) is 15.1. The lowest BCUT2D eigenvalue weighted by atomic mass is 10.2. The van der Waals surface area contributed by atoms with E-state index in [1.807, 2.05) is 31.2 Å². The van der Waals surface area contributed by atoms with E-state index in [0.717, 1.165) is 5.56 Å². The fraction of sp³-hybridized carbons (Fsp3) is 0.357. The molecule has 1 aromatic carbocycles. The van der Waals surface area contributed by atoms with Gasteiger partial charge in [-0.25, -0.2) is 0 Å². The zero-order chi connectivity index (χ0) is 15.4. The molecule has 0 radical (unpaired) electrons. The molecule has 1 atom stereocenters. The summed E-state index contributed by atoms with van der Waals surface area (Å²) in [6, 6.07) is 7.47. The summed E-state index contributed by atoms with van der Waals surface area (Å²) in [6.45, 7) is 3.26. The third-order valence-corrected chi connectivity index (χ3v) is 2.87. The van der Waals surface area contributed by atoms with Crippen LogP contribution in [0.2, 0.25) is 0 Å². The van der Waals surface area contributed by atoms with Crippen LogP contribution in [0.15, 0.2) is 24.3 Å². The largest absolute Gasteiger partial charge is 0.392 e. The maximum Gasteiger partial charge on any atom is 0.273 e. The fourth-order valence-corrected chi connectivity index (χ4v) is 1.74. The Balaban J connectivity index is 2.26. The Hall–Kier alpha value is -2.25. The topological polar surface area (TPSA) is 100 Å². The predicted octanol–water partition coefficient (Wildman–Crippen LogP) is 0.179. The lowest BCUT2D eigenvalue weighted by molar-refractivity contribution is 0.0915. The average molecular weight is 290 g/mol. The molecule has 21 heavy (non-hydrogen) atoms. The fourth-order valence-electron chi connectivity index (χ4n) is 1.74. The highest BCUT2D eigenvalue weighted by Crippen LogP contribution is 2.10. The van der Waals surface area contributed by atoms with Crippen LogP contribution >= 0.6 is 0 Å². The van der Waals surface area contributed by atoms with Gasteiger partial charge in [0.1, 0.15) is 5.69 Å². The molecule has 2 aromatic rings. The molecule has 0 aliphatic heterocycles. The first-order chi connectivity index (χ1) is 10.0. The lowest BCUT2D eigenvalue weighted by Gasteiger charge is -2.05. The standard InChI is InChI=1S/C14H18N4O3/c1-9-3-5-11(6-4-9)18-16-12(8-19)13(17-18)14(21)15-7-10(2)20/h3-6,10,19-20H,7-8H2,1-2H3,(H,15,21). The SMILES string of the molecule is Cc1ccc(-n2nc(CO)c(C(=O)NCC(C)O)n2)cc1. The van der Waals surface area contributed by atoms with E-state index in [9.17, 15) is 15.0 Å². The van der Waals surface area contributed by atoms with Gasteiger partial charge in [-0.3, -0.25) is 4.79 Å². The molecule has 112 valence electrons. The number of hydrogen-bond donors (Lipinski definition) is 3. The van der Waals surface area contributed by atoms with Gasteiger partial charge < -0.3 is 15.5 Å². The summed E-state index contributed by atoms with van der Waals surface area (Å²) in [5, 5.41) is 29.2. The second-order valence-corrected chi connectivity index (χ2v) is 4.84. The molecule has 0 saturated carbocycles. The number of hydrogen-bond acceptors (Lipinski definition) is 5. The van der Waals surface area contributed by atoms with Crippen LogP contribution in [0.3, 0.4) is 0 Å². The first-order valence-corrected chi connectivity index (χ1v) is 6.61. The molecule has 0 spiro atoms. The van der Waals surface area contributed by atoms with Gasteiger partial charge >= 0.3 is 0 Å². The summed E-state index contributed by atoms with van der Waals surface area (Å²) in [7, 11) is 0. The van der Waals surface area contributed by atoms with Crippen molar-refractivity contribution in [2.45, 2.75) is 26.6 Å². The van der Waals surface area contributed by atoms with Crippen LogP contribution in [0.4, 0.5) is 0 Å². The van der Waals surface area contributed by atoms with Crippen molar-refractivity contribution in [3.63, 3.8) is 0 Å². The lowest BCUT2D eigenvalue weighted by Crippen LogP contribution is -2.31. The number of aryl methyl sites for hydroxylation is 1. The number of carbonyl (C=O) groups is 1. The summed E-state index contributed by atoms with van der Waals surface area (Å²) in [4.78, 5) is 13.3. The van der Waals surface area contributed by atoms with Gasteiger partial charge in [0.15, 0.2) is 5.69 Å². The van der Waals surface area contributed by atoms with Crippen LogP contribution < -0.4 is 5.32 Å². The van der Waals surface area contributed by atoms with Gasteiger partial charge in [0.25, 0.3) is 5.91 Å². The molecule has 7 nitrogen and oxygen atoms in total. The van der Waals surface area contributed by atoms with Crippen LogP contribution in [0.25, 0.3) is 5.69 Å². The summed E-state index contributed by atoms with van der Waals surface area (Å²) < 4.78 is 0. The molecule has 1 unspecified atom stereocenters. The van der Waals surface area contributed by atoms with E-state index in [1.54, 1.807) is 6.92 Å². The number of aliphatic hydroxyl groups is 2. The van der Waals surface area contributed by atoms with Crippen molar-refractivity contribution in [2.75, 3.05) is 6.54 Å². The Morgan fingerprint density at radius 1 is 1.33 bits per heavy atom. The van der Waals surface area contributed by atoms with Crippen LogP contribution in [-0.2, 0) is 6.61 Å². The Morgan fingerprint density at radius 2 is 2.00 bits per heavy atom. The summed E-state index contributed by atoms with van der Waals surface area (Å²) in [6.07, 6.45) is -0.654. The highest BCUT2D eigenvalue weighted by Gasteiger charge is 2.18. The molecule has 7 heteroatoms. The van der Waals surface area contributed by atoms with Crippen molar-refractivity contribution < 1.29 is 15.0 Å². The minimum Gasteiger partial charge on any atom is -0.392 e. The van der Waals surface area contributed by atoms with Gasteiger partial charge in [0.05, 0.1) is 18.4 Å². The minimum atomic E-state index is -0.654. The molecular weight excluding hydrogens is 272 g/mol. The molecule has 2 rings (SSSR count). The Bertz CT molecular complexity index is 620. The van der Waals surface area contributed by atoms with E-state index >= 15 is 0 Å². The van der Waals surface area contributed by atoms with Crippen LogP contribution in [0.5, 0.6) is 0 Å². The highest BCUT2D eigenvalue weighted by molar-refractivity contribution is 5.93. The molecule has 3 N–H and O–H groups in total. The number of aromatic nitrogens is 3. The maximum atomic E-state index is 12.0. The summed E-state index contributed by atoms with van der Waals surface area (Å²) in [5.41, 5.74) is 2.05. The van der Waals surface area contributed by atoms with Crippen molar-refractivity contribution in [3.8, 4) is 5.69 Å². The molecular formula is C14H18N4O3. The molecule has 1 aromatic heterocycles. The zero-order valence-electron chi connectivity index (χ0n) is 11.9. The molecule has 0 aliphatic rings. The number of aliphatic hydroxyl groups excluding tert-OH is 2.